The van der Waals surface area contributed by atoms with Crippen LogP contribution in [0.3, 0.4) is 0 Å². The summed E-state index contributed by atoms with van der Waals surface area (Å²) in [5.41, 5.74) is 4.89. The molecular formula is C20H30N5O6P. The van der Waals surface area contributed by atoms with Gasteiger partial charge in [0.15, 0.2) is 17.0 Å². The van der Waals surface area contributed by atoms with Crippen LogP contribution in [-0.2, 0) is 18.6 Å². The lowest BCUT2D eigenvalue weighted by Gasteiger charge is -2.30. The Morgan fingerprint density at radius 2 is 2.00 bits per heavy atom. The van der Waals surface area contributed by atoms with E-state index in [9.17, 15) is 14.3 Å². The zero-order valence-corrected chi connectivity index (χ0v) is 20.0. The number of nitrogens with one attached hydrogen (secondary N) is 1. The second-order valence-corrected chi connectivity index (χ2v) is 12.3. The van der Waals surface area contributed by atoms with Gasteiger partial charge in [-0.15, -0.1) is 6.42 Å². The third-order valence-electron chi connectivity index (χ3n) is 4.97. The van der Waals surface area contributed by atoms with Crippen LogP contribution in [0.25, 0.3) is 11.2 Å². The van der Waals surface area contributed by atoms with Crippen molar-refractivity contribution < 1.29 is 23.5 Å². The van der Waals surface area contributed by atoms with E-state index in [1.54, 1.807) is 20.8 Å². The fraction of sp³-hybridized carbons (Fsp3) is 0.650. The lowest BCUT2D eigenvalue weighted by atomic mass is 10.1. The summed E-state index contributed by atoms with van der Waals surface area (Å²) in [6.45, 7) is 10.7. The van der Waals surface area contributed by atoms with Crippen LogP contribution in [0.5, 0.6) is 0 Å². The van der Waals surface area contributed by atoms with E-state index in [2.05, 4.69) is 20.9 Å². The van der Waals surface area contributed by atoms with E-state index < -0.39 is 42.3 Å². The molecule has 0 radical (unpaired) electrons. The van der Waals surface area contributed by atoms with E-state index in [0.717, 1.165) is 0 Å². The number of rotatable bonds is 5. The second-order valence-electron chi connectivity index (χ2n) is 9.70. The highest BCUT2D eigenvalue weighted by Crippen LogP contribution is 2.57. The Balaban J connectivity index is 2.01. The summed E-state index contributed by atoms with van der Waals surface area (Å²) in [5, 5.41) is -0.991. The molecule has 0 aromatic carbocycles. The smallest absolute Gasteiger partial charge is 0.333 e. The minimum atomic E-state index is -4.00. The van der Waals surface area contributed by atoms with Crippen molar-refractivity contribution in [2.24, 2.45) is 0 Å². The fourth-order valence-corrected chi connectivity index (χ4v) is 4.07. The molecule has 3 heterocycles. The summed E-state index contributed by atoms with van der Waals surface area (Å²) in [6, 6.07) is 0. The van der Waals surface area contributed by atoms with Crippen LogP contribution in [0.4, 0.5) is 5.95 Å². The molecule has 2 aromatic rings. The van der Waals surface area contributed by atoms with E-state index in [1.165, 1.54) is 4.57 Å². The van der Waals surface area contributed by atoms with E-state index in [0.29, 0.717) is 0 Å². The van der Waals surface area contributed by atoms with Crippen LogP contribution in [0.2, 0.25) is 0 Å². The molecule has 1 fully saturated rings. The van der Waals surface area contributed by atoms with Crippen molar-refractivity contribution >= 4 is 24.7 Å². The average molecular weight is 467 g/mol. The number of aromatic amines is 1. The van der Waals surface area contributed by atoms with Gasteiger partial charge in [-0.1, -0.05) is 0 Å². The third-order valence-corrected chi connectivity index (χ3v) is 7.23. The minimum absolute atomic E-state index is 0.0186. The lowest BCUT2D eigenvalue weighted by Crippen LogP contribution is -2.34. The quantitative estimate of drug-likeness (QED) is 0.443. The summed E-state index contributed by atoms with van der Waals surface area (Å²) in [4.78, 5) is 33.5. The standard InChI is InChI=1S/C20H30N5O6P/c1-8-13-22-15-16(23-18(21)24-17(15)26)25(13)14-9-11(31-32(27,28)20(5,6)7)12(30-14)10-29-19(2,3)4/h1,11-12,14H,9-10H2,2-7H3,(H,27,28)(H3,21,23,24,26)/t11-,12+,14+/m0/s1. The maximum atomic E-state index is 12.9. The van der Waals surface area contributed by atoms with Crippen molar-refractivity contribution in [1.29, 1.82) is 0 Å². The van der Waals surface area contributed by atoms with E-state index >= 15 is 0 Å². The van der Waals surface area contributed by atoms with Crippen LogP contribution in [0.1, 0.15) is 60.0 Å². The first kappa shape index (κ1) is 24.4. The number of fused-ring (bicyclic) bond motifs is 1. The van der Waals surface area contributed by atoms with Crippen LogP contribution >= 0.6 is 7.60 Å². The minimum Gasteiger partial charge on any atom is -0.373 e. The van der Waals surface area contributed by atoms with Gasteiger partial charge in [0, 0.05) is 6.42 Å². The molecular weight excluding hydrogens is 437 g/mol. The first-order valence-corrected chi connectivity index (χ1v) is 11.8. The van der Waals surface area contributed by atoms with Crippen molar-refractivity contribution in [3.63, 3.8) is 0 Å². The highest BCUT2D eigenvalue weighted by atomic mass is 31.2. The number of terminal acetylenes is 1. The molecule has 1 unspecified atom stereocenters. The van der Waals surface area contributed by atoms with Crippen molar-refractivity contribution in [1.82, 2.24) is 19.5 Å². The molecule has 0 spiro atoms. The molecule has 32 heavy (non-hydrogen) atoms. The van der Waals surface area contributed by atoms with Crippen LogP contribution in [0.15, 0.2) is 4.79 Å². The number of nitrogens with zero attached hydrogens (tertiary/aromatic N) is 3. The maximum absolute atomic E-state index is 12.9. The summed E-state index contributed by atoms with van der Waals surface area (Å²) in [5.74, 6) is 2.45. The average Bonchev–Trinajstić information content (AvgIpc) is 3.18. The maximum Gasteiger partial charge on any atom is 0.333 e. The number of nitrogen functional groups attached to an aromatic ring is 1. The molecule has 0 aliphatic carbocycles. The van der Waals surface area contributed by atoms with Gasteiger partial charge in [-0.25, -0.2) is 4.98 Å². The van der Waals surface area contributed by atoms with E-state index in [4.69, 9.17) is 26.2 Å². The summed E-state index contributed by atoms with van der Waals surface area (Å²) >= 11 is 0. The number of H-pyrrole nitrogens is 1. The zero-order valence-electron chi connectivity index (χ0n) is 19.1. The van der Waals surface area contributed by atoms with Gasteiger partial charge in [-0.2, -0.15) is 4.98 Å². The van der Waals surface area contributed by atoms with Crippen molar-refractivity contribution in [2.75, 3.05) is 12.3 Å². The normalized spacial score (nSPS) is 23.9. The Morgan fingerprint density at radius 1 is 1.34 bits per heavy atom. The number of nitrogens with two attached hydrogens (primary N) is 1. The van der Waals surface area contributed by atoms with Gasteiger partial charge < -0.3 is 24.6 Å². The molecule has 12 heteroatoms. The molecule has 4 atom stereocenters. The van der Waals surface area contributed by atoms with Gasteiger partial charge in [0.2, 0.25) is 5.95 Å². The molecule has 4 N–H and O–H groups in total. The largest absolute Gasteiger partial charge is 0.373 e. The molecule has 2 aromatic heterocycles. The molecule has 0 saturated carbocycles. The lowest BCUT2D eigenvalue weighted by molar-refractivity contribution is -0.0965. The summed E-state index contributed by atoms with van der Waals surface area (Å²) in [6.07, 6.45) is 3.55. The summed E-state index contributed by atoms with van der Waals surface area (Å²) < 4.78 is 32.1. The molecule has 0 bridgehead atoms. The summed E-state index contributed by atoms with van der Waals surface area (Å²) in [7, 11) is -4.00. The van der Waals surface area contributed by atoms with Gasteiger partial charge in [0.25, 0.3) is 5.56 Å². The molecule has 1 saturated heterocycles. The monoisotopic (exact) mass is 467 g/mol. The van der Waals surface area contributed by atoms with Crippen molar-refractivity contribution in [3.05, 3.63) is 16.2 Å². The number of imidazole rings is 1. The van der Waals surface area contributed by atoms with Gasteiger partial charge in [0.05, 0.1) is 23.5 Å². The molecule has 0 amide bonds. The number of ether oxygens (including phenoxy) is 2. The van der Waals surface area contributed by atoms with Crippen LogP contribution in [-0.4, -0.2) is 54.0 Å². The van der Waals surface area contributed by atoms with Crippen LogP contribution < -0.4 is 11.3 Å². The van der Waals surface area contributed by atoms with E-state index in [1.807, 2.05) is 20.8 Å². The molecule has 1 aliphatic rings. The van der Waals surface area contributed by atoms with Gasteiger partial charge in [-0.3, -0.25) is 18.9 Å². The first-order chi connectivity index (χ1) is 14.6. The first-order valence-electron chi connectivity index (χ1n) is 10.2. The Bertz CT molecular complexity index is 1150. The number of aromatic nitrogens is 4. The van der Waals surface area contributed by atoms with Crippen molar-refractivity contribution in [3.8, 4) is 12.3 Å². The fourth-order valence-electron chi connectivity index (χ4n) is 3.17. The highest BCUT2D eigenvalue weighted by Gasteiger charge is 2.46. The second kappa shape index (κ2) is 8.28. The van der Waals surface area contributed by atoms with Crippen molar-refractivity contribution in [2.45, 2.75) is 77.2 Å². The molecule has 3 rings (SSSR count). The highest BCUT2D eigenvalue weighted by molar-refractivity contribution is 7.54. The Morgan fingerprint density at radius 3 is 2.56 bits per heavy atom. The van der Waals surface area contributed by atoms with Gasteiger partial charge in [0.1, 0.15) is 12.3 Å². The van der Waals surface area contributed by atoms with Gasteiger partial charge in [-0.05, 0) is 47.5 Å². The Labute approximate surface area is 186 Å². The molecule has 11 nitrogen and oxygen atoms in total. The SMILES string of the molecule is C#Cc1nc2c(=O)[nH]c(N)nc2n1[C@H]1C[C@H](OP(=O)(O)C(C)(C)C)[C@@H](COC(C)(C)C)O1. The van der Waals surface area contributed by atoms with Gasteiger partial charge >= 0.3 is 7.60 Å². The predicted octanol–water partition coefficient (Wildman–Crippen LogP) is 2.15. The zero-order chi connectivity index (χ0) is 24.1. The topological polar surface area (TPSA) is 155 Å². The van der Waals surface area contributed by atoms with Crippen LogP contribution in [0, 0.1) is 12.3 Å². The van der Waals surface area contributed by atoms with E-state index in [-0.39, 0.29) is 36.0 Å². The Hall–Kier alpha value is -2.22. The number of hydrogen-bond donors (Lipinski definition) is 3. The molecule has 1 aliphatic heterocycles. The third kappa shape index (κ3) is 4.90. The predicted molar refractivity (Wildman–Crippen MR) is 119 cm³/mol. The Kier molecular flexibility index (Phi) is 6.32. The number of hydrogen-bond acceptors (Lipinski definition) is 8. The molecule has 176 valence electrons. The number of anilines is 1.